The van der Waals surface area contributed by atoms with E-state index in [0.717, 1.165) is 32.1 Å². The zero-order valence-corrected chi connectivity index (χ0v) is 33.0. The van der Waals surface area contributed by atoms with Gasteiger partial charge in [0.1, 0.15) is 11.8 Å². The number of hydrogen-bond donors (Lipinski definition) is 4. The third kappa shape index (κ3) is 10.7. The molecule has 0 spiro atoms. The van der Waals surface area contributed by atoms with Gasteiger partial charge in [-0.25, -0.2) is 4.79 Å². The van der Waals surface area contributed by atoms with Crippen LogP contribution < -0.4 is 26.0 Å². The van der Waals surface area contributed by atoms with Crippen molar-refractivity contribution >= 4 is 35.2 Å². The number of aliphatic hydroxyl groups is 1. The quantitative estimate of drug-likeness (QED) is 0.124. The van der Waals surface area contributed by atoms with Gasteiger partial charge in [0, 0.05) is 23.6 Å². The molecule has 5 atom stereocenters. The van der Waals surface area contributed by atoms with E-state index in [1.54, 1.807) is 36.4 Å². The number of methoxy groups -OCH3 is 1. The summed E-state index contributed by atoms with van der Waals surface area (Å²) in [6.45, 7) is 11.5. The Morgan fingerprint density at radius 3 is 2.30 bits per heavy atom. The van der Waals surface area contributed by atoms with Gasteiger partial charge >= 0.3 is 5.97 Å². The molecule has 0 aromatic heterocycles. The first-order chi connectivity index (χ1) is 25.6. The SMILES string of the molecule is COC(=O)c1ccc2c(c1)[C@H](c1cccc(N(C(=O)C(C)N)[C@@H](CC(C)C)C(=O)N[C@@H](CC3CCCCC3)[C@@H](O)CC(=O)NCC(C)C)c1C(C)=O)CO2. The highest BCUT2D eigenvalue weighted by Crippen LogP contribution is 2.42. The van der Waals surface area contributed by atoms with Crippen LogP contribution >= 0.6 is 0 Å². The van der Waals surface area contributed by atoms with Gasteiger partial charge in [0.25, 0.3) is 0 Å². The minimum Gasteiger partial charge on any atom is -0.492 e. The molecule has 1 unspecified atom stereocenters. The van der Waals surface area contributed by atoms with Crippen molar-refractivity contribution in [2.45, 2.75) is 123 Å². The second-order valence-corrected chi connectivity index (χ2v) is 15.9. The fourth-order valence-corrected chi connectivity index (χ4v) is 7.68. The van der Waals surface area contributed by atoms with Crippen LogP contribution in [0.25, 0.3) is 0 Å². The number of fused-ring (bicyclic) bond motifs is 1. The van der Waals surface area contributed by atoms with Gasteiger partial charge in [0.15, 0.2) is 5.78 Å². The predicted octanol–water partition coefficient (Wildman–Crippen LogP) is 5.27. The number of nitrogens with zero attached hydrogens (tertiary/aromatic N) is 1. The van der Waals surface area contributed by atoms with Gasteiger partial charge in [0.2, 0.25) is 17.7 Å². The third-order valence-corrected chi connectivity index (χ3v) is 10.4. The van der Waals surface area contributed by atoms with Crippen molar-refractivity contribution in [3.05, 3.63) is 58.7 Å². The lowest BCUT2D eigenvalue weighted by Gasteiger charge is -2.37. The van der Waals surface area contributed by atoms with Crippen LogP contribution in [0.5, 0.6) is 5.75 Å². The lowest BCUT2D eigenvalue weighted by Crippen LogP contribution is -2.58. The van der Waals surface area contributed by atoms with Gasteiger partial charge in [-0.3, -0.25) is 24.1 Å². The topological polar surface area (TPSA) is 177 Å². The molecule has 1 heterocycles. The van der Waals surface area contributed by atoms with E-state index in [-0.39, 0.29) is 60.1 Å². The molecule has 2 aromatic carbocycles. The van der Waals surface area contributed by atoms with Crippen LogP contribution in [0.2, 0.25) is 0 Å². The Bertz CT molecular complexity index is 1650. The molecule has 0 radical (unpaired) electrons. The summed E-state index contributed by atoms with van der Waals surface area (Å²) in [5, 5.41) is 17.5. The van der Waals surface area contributed by atoms with Crippen molar-refractivity contribution in [3.63, 3.8) is 0 Å². The molecule has 12 heteroatoms. The first-order valence-electron chi connectivity index (χ1n) is 19.4. The van der Waals surface area contributed by atoms with E-state index in [2.05, 4.69) is 10.6 Å². The summed E-state index contributed by atoms with van der Waals surface area (Å²) in [6.07, 6.45) is 4.57. The van der Waals surface area contributed by atoms with Crippen molar-refractivity contribution < 1.29 is 38.6 Å². The van der Waals surface area contributed by atoms with Crippen molar-refractivity contribution in [1.29, 1.82) is 0 Å². The highest BCUT2D eigenvalue weighted by atomic mass is 16.5. The molecule has 0 bridgehead atoms. The number of nitrogens with one attached hydrogen (secondary N) is 2. The molecule has 54 heavy (non-hydrogen) atoms. The number of hydrogen-bond acceptors (Lipinski definition) is 9. The summed E-state index contributed by atoms with van der Waals surface area (Å²) in [7, 11) is 1.30. The van der Waals surface area contributed by atoms with Gasteiger partial charge in [-0.2, -0.15) is 0 Å². The first kappa shape index (κ1) is 42.5. The number of Topliss-reactive ketones (excluding diaryl/α,β-unsaturated/α-hetero) is 1. The third-order valence-electron chi connectivity index (χ3n) is 10.4. The number of rotatable bonds is 17. The smallest absolute Gasteiger partial charge is 0.337 e. The summed E-state index contributed by atoms with van der Waals surface area (Å²) in [5.74, 6) is -1.67. The van der Waals surface area contributed by atoms with Crippen LogP contribution in [0, 0.1) is 17.8 Å². The molecular weight excluding hydrogens is 688 g/mol. The van der Waals surface area contributed by atoms with Gasteiger partial charge in [0.05, 0.1) is 49.6 Å². The molecule has 0 saturated heterocycles. The number of carbonyl (C=O) groups excluding carboxylic acids is 5. The fourth-order valence-electron chi connectivity index (χ4n) is 7.68. The van der Waals surface area contributed by atoms with E-state index >= 15 is 0 Å². The first-order valence-corrected chi connectivity index (χ1v) is 19.4. The molecule has 2 aromatic rings. The summed E-state index contributed by atoms with van der Waals surface area (Å²) in [6, 6.07) is 7.30. The molecule has 1 fully saturated rings. The summed E-state index contributed by atoms with van der Waals surface area (Å²) in [4.78, 5) is 69.3. The molecule has 296 valence electrons. The Hall–Kier alpha value is -4.29. The Balaban J connectivity index is 1.78. The highest BCUT2D eigenvalue weighted by Gasteiger charge is 2.39. The number of amides is 3. The van der Waals surface area contributed by atoms with Gasteiger partial charge in [-0.15, -0.1) is 0 Å². The average Bonchev–Trinajstić information content (AvgIpc) is 3.56. The number of carbonyl (C=O) groups is 5. The van der Waals surface area contributed by atoms with Crippen molar-refractivity contribution in [2.24, 2.45) is 23.5 Å². The highest BCUT2D eigenvalue weighted by molar-refractivity contribution is 6.10. The molecule has 2 aliphatic rings. The summed E-state index contributed by atoms with van der Waals surface area (Å²) >= 11 is 0. The van der Waals surface area contributed by atoms with Crippen LogP contribution in [0.3, 0.4) is 0 Å². The van der Waals surface area contributed by atoms with Gasteiger partial charge in [-0.05, 0) is 74.3 Å². The summed E-state index contributed by atoms with van der Waals surface area (Å²) in [5.41, 5.74) is 8.34. The molecule has 3 amide bonds. The maximum atomic E-state index is 14.7. The number of esters is 1. The molecular formula is C42H60N4O8. The van der Waals surface area contributed by atoms with Crippen LogP contribution in [0.4, 0.5) is 5.69 Å². The minimum atomic E-state index is -1.16. The zero-order valence-electron chi connectivity index (χ0n) is 33.0. The van der Waals surface area contributed by atoms with Crippen molar-refractivity contribution in [2.75, 3.05) is 25.2 Å². The Labute approximate surface area is 319 Å². The normalized spacial score (nSPS) is 17.9. The zero-order chi connectivity index (χ0) is 39.7. The molecule has 5 N–H and O–H groups in total. The van der Waals surface area contributed by atoms with Gasteiger partial charge < -0.3 is 30.9 Å². The lowest BCUT2D eigenvalue weighted by molar-refractivity contribution is -0.129. The number of benzene rings is 2. The van der Waals surface area contributed by atoms with Crippen LogP contribution in [0.1, 0.15) is 131 Å². The fraction of sp³-hybridized carbons (Fsp3) is 0.595. The maximum absolute atomic E-state index is 14.7. The number of ether oxygens (including phenoxy) is 2. The van der Waals surface area contributed by atoms with E-state index in [1.165, 1.54) is 25.9 Å². The predicted molar refractivity (Wildman–Crippen MR) is 208 cm³/mol. The number of nitrogens with two attached hydrogens (primary N) is 1. The Kier molecular flexibility index (Phi) is 15.2. The van der Waals surface area contributed by atoms with Gasteiger partial charge in [-0.1, -0.05) is 71.9 Å². The van der Waals surface area contributed by atoms with E-state index in [4.69, 9.17) is 15.2 Å². The van der Waals surface area contributed by atoms with E-state index in [0.29, 0.717) is 35.4 Å². The molecule has 4 rings (SSSR count). The van der Waals surface area contributed by atoms with Crippen molar-refractivity contribution in [1.82, 2.24) is 10.6 Å². The second kappa shape index (κ2) is 19.3. The number of aliphatic hydroxyl groups excluding tert-OH is 1. The molecule has 1 aliphatic heterocycles. The Morgan fingerprint density at radius 1 is 0.981 bits per heavy atom. The van der Waals surface area contributed by atoms with Crippen LogP contribution in [0.15, 0.2) is 36.4 Å². The maximum Gasteiger partial charge on any atom is 0.337 e. The molecule has 1 aliphatic carbocycles. The standard InChI is InChI=1S/C42H60N4O8/c1-24(2)18-35(40(50)45-33(19-28-12-9-8-10-13-28)36(48)21-38(49)44-22-25(3)4)46(41(51)26(5)43)34-15-11-14-30(39(34)27(6)47)32-23-54-37-17-16-29(20-31(32)37)42(52)53-7/h11,14-17,20,24-26,28,32-33,35-36,48H,8-10,12-13,18-19,21-23,43H2,1-7H3,(H,44,49)(H,45,50)/t26?,32-,33-,35-,36-/m0/s1. The Morgan fingerprint density at radius 2 is 1.69 bits per heavy atom. The monoisotopic (exact) mass is 748 g/mol. The minimum absolute atomic E-state index is 0.0662. The molecule has 12 nitrogen and oxygen atoms in total. The van der Waals surface area contributed by atoms with E-state index < -0.39 is 47.9 Å². The average molecular weight is 749 g/mol. The van der Waals surface area contributed by atoms with E-state index in [9.17, 15) is 29.1 Å². The van der Waals surface area contributed by atoms with Crippen molar-refractivity contribution in [3.8, 4) is 5.75 Å². The largest absolute Gasteiger partial charge is 0.492 e. The molecule has 1 saturated carbocycles. The van der Waals surface area contributed by atoms with E-state index in [1.807, 2.05) is 27.7 Å². The summed E-state index contributed by atoms with van der Waals surface area (Å²) < 4.78 is 10.9. The number of ketones is 1. The second-order valence-electron chi connectivity index (χ2n) is 15.9. The van der Waals surface area contributed by atoms with Crippen LogP contribution in [-0.4, -0.2) is 79.1 Å². The number of anilines is 1. The van der Waals surface area contributed by atoms with Crippen LogP contribution in [-0.2, 0) is 19.1 Å². The lowest BCUT2D eigenvalue weighted by atomic mass is 9.83.